The van der Waals surface area contributed by atoms with E-state index in [9.17, 15) is 14.7 Å². The van der Waals surface area contributed by atoms with E-state index >= 15 is 0 Å². The van der Waals surface area contributed by atoms with Crippen molar-refractivity contribution in [1.82, 2.24) is 15.3 Å². The summed E-state index contributed by atoms with van der Waals surface area (Å²) in [7, 11) is 0. The zero-order chi connectivity index (χ0) is 33.6. The number of ether oxygens (including phenoxy) is 1. The Hall–Kier alpha value is -4.04. The molecule has 0 aliphatic carbocycles. The highest BCUT2D eigenvalue weighted by Gasteiger charge is 2.22. The third kappa shape index (κ3) is 11.3. The smallest absolute Gasteiger partial charge is 0.308 e. The van der Waals surface area contributed by atoms with E-state index in [-0.39, 0.29) is 17.9 Å². The Kier molecular flexibility index (Phi) is 13.5. The average molecular weight is 656 g/mol. The molecule has 4 aromatic rings. The van der Waals surface area contributed by atoms with Gasteiger partial charge in [-0.25, -0.2) is 9.97 Å². The van der Waals surface area contributed by atoms with Gasteiger partial charge >= 0.3 is 5.97 Å². The van der Waals surface area contributed by atoms with E-state index in [0.29, 0.717) is 17.1 Å². The molecule has 7 nitrogen and oxygen atoms in total. The summed E-state index contributed by atoms with van der Waals surface area (Å²) < 4.78 is 5.94. The lowest BCUT2D eigenvalue weighted by molar-refractivity contribution is -0.141. The highest BCUT2D eigenvalue weighted by atomic mass is 32.1. The Bertz CT molecular complexity index is 1540. The maximum absolute atomic E-state index is 12.7. The number of hydrogen-bond acceptors (Lipinski definition) is 6. The highest BCUT2D eigenvalue weighted by molar-refractivity contribution is 7.14. The normalized spacial score (nSPS) is 12.1. The molecule has 250 valence electrons. The summed E-state index contributed by atoms with van der Waals surface area (Å²) in [4.78, 5) is 35.5. The minimum Gasteiger partial charge on any atom is -0.494 e. The predicted octanol–water partition coefficient (Wildman–Crippen LogP) is 9.36. The number of nitrogens with one attached hydrogen (secondary N) is 1. The van der Waals surface area contributed by atoms with Crippen LogP contribution in [0, 0.1) is 5.92 Å². The summed E-state index contributed by atoms with van der Waals surface area (Å²) in [5.74, 6) is -0.467. The van der Waals surface area contributed by atoms with Gasteiger partial charge in [-0.05, 0) is 53.6 Å². The lowest BCUT2D eigenvalue weighted by Gasteiger charge is -2.15. The molecule has 2 heterocycles. The first-order valence-corrected chi connectivity index (χ1v) is 17.7. The van der Waals surface area contributed by atoms with E-state index in [4.69, 9.17) is 4.74 Å². The van der Waals surface area contributed by atoms with Gasteiger partial charge in [0.2, 0.25) is 0 Å². The summed E-state index contributed by atoms with van der Waals surface area (Å²) in [5, 5.41) is 12.6. The molecule has 1 atom stereocenters. The Balaban J connectivity index is 1.24. The SMILES string of the molecule is CCCCCCCCCCOc1ccc(-c2cnc(-c3ccc(CC(CNC(=O)c4ccc(C(C)(C)C)s4)C(=O)O)cc3)nc2)cc1. The molecule has 1 amide bonds. The van der Waals surface area contributed by atoms with Gasteiger partial charge in [-0.3, -0.25) is 9.59 Å². The number of aromatic nitrogens is 2. The number of carbonyl (C=O) groups is 2. The van der Waals surface area contributed by atoms with Gasteiger partial charge in [-0.1, -0.05) is 109 Å². The van der Waals surface area contributed by atoms with Crippen molar-refractivity contribution in [2.75, 3.05) is 13.2 Å². The molecule has 2 aromatic carbocycles. The zero-order valence-electron chi connectivity index (χ0n) is 28.3. The number of aliphatic carboxylic acids is 1. The van der Waals surface area contributed by atoms with Gasteiger partial charge in [0, 0.05) is 34.9 Å². The van der Waals surface area contributed by atoms with E-state index in [1.54, 1.807) is 6.07 Å². The van der Waals surface area contributed by atoms with Crippen molar-refractivity contribution in [3.05, 3.63) is 88.4 Å². The Morgan fingerprint density at radius 3 is 2.02 bits per heavy atom. The van der Waals surface area contributed by atoms with Crippen molar-refractivity contribution in [1.29, 1.82) is 0 Å². The van der Waals surface area contributed by atoms with E-state index < -0.39 is 11.9 Å². The topological polar surface area (TPSA) is 101 Å². The molecule has 2 N–H and O–H groups in total. The molecule has 0 saturated carbocycles. The fourth-order valence-corrected chi connectivity index (χ4v) is 6.26. The molecule has 4 rings (SSSR count). The fraction of sp³-hybridized carbons (Fsp3) is 0.436. The summed E-state index contributed by atoms with van der Waals surface area (Å²) in [6.07, 6.45) is 14.2. The van der Waals surface area contributed by atoms with E-state index in [1.165, 1.54) is 56.3 Å². The minimum absolute atomic E-state index is 0.0416. The third-order valence-corrected chi connectivity index (χ3v) is 9.74. The van der Waals surface area contributed by atoms with Crippen LogP contribution in [0.3, 0.4) is 0 Å². The molecule has 0 spiro atoms. The Morgan fingerprint density at radius 2 is 1.43 bits per heavy atom. The van der Waals surface area contributed by atoms with Crippen LogP contribution in [0.15, 0.2) is 73.1 Å². The fourth-order valence-electron chi connectivity index (χ4n) is 5.28. The lowest BCUT2D eigenvalue weighted by Crippen LogP contribution is -2.33. The molecule has 0 aliphatic heterocycles. The van der Waals surface area contributed by atoms with Crippen LogP contribution in [0.1, 0.15) is 99.2 Å². The van der Waals surface area contributed by atoms with Crippen LogP contribution >= 0.6 is 11.3 Å². The van der Waals surface area contributed by atoms with Crippen LogP contribution in [0.5, 0.6) is 5.75 Å². The molecule has 8 heteroatoms. The second-order valence-corrected chi connectivity index (χ2v) is 14.3. The second kappa shape index (κ2) is 17.8. The minimum atomic E-state index is -0.946. The monoisotopic (exact) mass is 655 g/mol. The highest BCUT2D eigenvalue weighted by Crippen LogP contribution is 2.29. The summed E-state index contributed by atoms with van der Waals surface area (Å²) in [6, 6.07) is 19.4. The number of rotatable bonds is 18. The molecule has 0 radical (unpaired) electrons. The zero-order valence-corrected chi connectivity index (χ0v) is 29.1. The predicted molar refractivity (Wildman–Crippen MR) is 191 cm³/mol. The number of thiophene rings is 1. The van der Waals surface area contributed by atoms with Gasteiger partial charge in [0.05, 0.1) is 17.4 Å². The number of carbonyl (C=O) groups excluding carboxylic acids is 1. The maximum atomic E-state index is 12.7. The van der Waals surface area contributed by atoms with Crippen molar-refractivity contribution in [3.63, 3.8) is 0 Å². The van der Waals surface area contributed by atoms with Gasteiger partial charge in [0.15, 0.2) is 5.82 Å². The maximum Gasteiger partial charge on any atom is 0.308 e. The van der Waals surface area contributed by atoms with Crippen LogP contribution < -0.4 is 10.1 Å². The van der Waals surface area contributed by atoms with Crippen LogP contribution in [-0.2, 0) is 16.6 Å². The van der Waals surface area contributed by atoms with Gasteiger partial charge in [0.25, 0.3) is 5.91 Å². The first-order valence-electron chi connectivity index (χ1n) is 16.9. The number of amides is 1. The molecular formula is C39H49N3O4S. The second-order valence-electron chi connectivity index (χ2n) is 13.2. The van der Waals surface area contributed by atoms with E-state index in [0.717, 1.165) is 45.9 Å². The molecule has 0 aliphatic rings. The van der Waals surface area contributed by atoms with E-state index in [2.05, 4.69) is 43.0 Å². The number of carboxylic acid groups (broad SMARTS) is 1. The van der Waals surface area contributed by atoms with Crippen molar-refractivity contribution < 1.29 is 19.4 Å². The van der Waals surface area contributed by atoms with Crippen LogP contribution in [0.4, 0.5) is 0 Å². The van der Waals surface area contributed by atoms with Gasteiger partial charge < -0.3 is 15.2 Å². The summed E-state index contributed by atoms with van der Waals surface area (Å²) in [5.41, 5.74) is 3.61. The van der Waals surface area contributed by atoms with Crippen molar-refractivity contribution >= 4 is 23.2 Å². The number of benzene rings is 2. The molecule has 47 heavy (non-hydrogen) atoms. The number of hydrogen-bond donors (Lipinski definition) is 2. The first kappa shape index (κ1) is 35.8. The molecule has 0 saturated heterocycles. The molecule has 0 bridgehead atoms. The molecule has 1 unspecified atom stereocenters. The summed E-state index contributed by atoms with van der Waals surface area (Å²) in [6.45, 7) is 9.34. The molecular weight excluding hydrogens is 607 g/mol. The first-order chi connectivity index (χ1) is 22.6. The lowest BCUT2D eigenvalue weighted by atomic mass is 9.95. The van der Waals surface area contributed by atoms with Crippen LogP contribution in [0.2, 0.25) is 0 Å². The van der Waals surface area contributed by atoms with Crippen molar-refractivity contribution in [2.24, 2.45) is 5.92 Å². The Morgan fingerprint density at radius 1 is 0.809 bits per heavy atom. The third-order valence-electron chi connectivity index (χ3n) is 8.23. The molecule has 0 fully saturated rings. The van der Waals surface area contributed by atoms with E-state index in [1.807, 2.05) is 67.0 Å². The quantitative estimate of drug-likeness (QED) is 0.104. The van der Waals surface area contributed by atoms with Gasteiger partial charge in [-0.15, -0.1) is 11.3 Å². The van der Waals surface area contributed by atoms with Gasteiger partial charge in [0.1, 0.15) is 5.75 Å². The molecule has 2 aromatic heterocycles. The standard InChI is InChI=1S/C39H49N3O4S/c1-5-6-7-8-9-10-11-12-23-46-33-19-17-29(18-20-33)32-26-40-36(41-27-32)30-15-13-28(14-16-30)24-31(38(44)45)25-42-37(43)34-21-22-35(47-34)39(2,3)4/h13-22,26-27,31H,5-12,23-25H2,1-4H3,(H,42,43)(H,44,45). The summed E-state index contributed by atoms with van der Waals surface area (Å²) >= 11 is 1.44. The number of carboxylic acids is 1. The van der Waals surface area contributed by atoms with Crippen LogP contribution in [0.25, 0.3) is 22.5 Å². The van der Waals surface area contributed by atoms with Crippen LogP contribution in [-0.4, -0.2) is 40.1 Å². The number of nitrogens with zero attached hydrogens (tertiary/aromatic N) is 2. The van der Waals surface area contributed by atoms with Crippen molar-refractivity contribution in [3.8, 4) is 28.3 Å². The number of unbranched alkanes of at least 4 members (excludes halogenated alkanes) is 7. The van der Waals surface area contributed by atoms with Gasteiger partial charge in [-0.2, -0.15) is 0 Å². The largest absolute Gasteiger partial charge is 0.494 e. The van der Waals surface area contributed by atoms with Crippen molar-refractivity contribution in [2.45, 2.75) is 90.9 Å². The Labute approximate surface area is 283 Å². The average Bonchev–Trinajstić information content (AvgIpc) is 3.58.